The van der Waals surface area contributed by atoms with Gasteiger partial charge >= 0.3 is 5.97 Å². The lowest BCUT2D eigenvalue weighted by atomic mass is 9.39. The van der Waals surface area contributed by atoms with Gasteiger partial charge in [-0.25, -0.2) is 4.79 Å². The van der Waals surface area contributed by atoms with E-state index in [1.165, 1.54) is 39.2 Å². The molecule has 4 unspecified atom stereocenters. The zero-order valence-electron chi connectivity index (χ0n) is 33.6. The molecule has 8 N–H and O–H groups in total. The van der Waals surface area contributed by atoms with Gasteiger partial charge in [-0.1, -0.05) is 39.8 Å². The van der Waals surface area contributed by atoms with Crippen molar-refractivity contribution in [3.8, 4) is 5.75 Å². The number of esters is 1. The van der Waals surface area contributed by atoms with Gasteiger partial charge in [0, 0.05) is 32.0 Å². The summed E-state index contributed by atoms with van der Waals surface area (Å²) in [6, 6.07) is 6.43. The molecule has 10 heteroatoms. The number of carbonyl (C=O) groups is 2. The number of nitrogens with two attached hydrogens (primary N) is 1. The van der Waals surface area contributed by atoms with Crippen LogP contribution in [0.2, 0.25) is 0 Å². The first-order chi connectivity index (χ1) is 25.3. The molecule has 300 valence electrons. The zero-order chi connectivity index (χ0) is 38.2. The van der Waals surface area contributed by atoms with Crippen LogP contribution in [0.4, 0.5) is 0 Å². The van der Waals surface area contributed by atoms with E-state index in [0.717, 1.165) is 83.4 Å². The van der Waals surface area contributed by atoms with Crippen LogP contribution in [0.3, 0.4) is 0 Å². The Hall–Kier alpha value is -2.24. The highest BCUT2D eigenvalue weighted by atomic mass is 16.5. The maximum atomic E-state index is 13.2. The van der Waals surface area contributed by atoms with E-state index in [9.17, 15) is 19.8 Å². The van der Waals surface area contributed by atoms with Crippen LogP contribution in [-0.2, 0) is 20.7 Å². The van der Waals surface area contributed by atoms with Gasteiger partial charge in [-0.3, -0.25) is 4.79 Å². The van der Waals surface area contributed by atoms with Gasteiger partial charge in [0.2, 0.25) is 5.91 Å². The lowest BCUT2D eigenvalue weighted by Crippen LogP contribution is -2.63. The molecule has 0 bridgehead atoms. The molecule has 0 saturated heterocycles. The van der Waals surface area contributed by atoms with Crippen LogP contribution < -0.4 is 27.0 Å². The molecular formula is C43H73N5O5. The molecule has 4 fully saturated rings. The van der Waals surface area contributed by atoms with E-state index >= 15 is 0 Å². The molecule has 0 heterocycles. The summed E-state index contributed by atoms with van der Waals surface area (Å²) in [6.45, 7) is 15.7. The Morgan fingerprint density at radius 1 is 0.925 bits per heavy atom. The number of ether oxygens (including phenoxy) is 1. The molecule has 5 rings (SSSR count). The maximum Gasteiger partial charge on any atom is 0.328 e. The number of phenols is 1. The summed E-state index contributed by atoms with van der Waals surface area (Å²) in [7, 11) is 1.34. The molecule has 1 aromatic rings. The van der Waals surface area contributed by atoms with Crippen LogP contribution in [0, 0.1) is 45.8 Å². The van der Waals surface area contributed by atoms with Gasteiger partial charge in [0.15, 0.2) is 0 Å². The number of hydrogen-bond acceptors (Lipinski definition) is 9. The van der Waals surface area contributed by atoms with Crippen molar-refractivity contribution in [2.75, 3.05) is 46.4 Å². The number of hydrogen-bond donors (Lipinski definition) is 7. The predicted octanol–water partition coefficient (Wildman–Crippen LogP) is 4.90. The third-order valence-corrected chi connectivity index (χ3v) is 15.1. The third kappa shape index (κ3) is 9.60. The average molecular weight is 740 g/mol. The molecule has 0 spiro atoms. The monoisotopic (exact) mass is 740 g/mol. The number of carbonyl (C=O) groups excluding carboxylic acids is 2. The summed E-state index contributed by atoms with van der Waals surface area (Å²) < 4.78 is 5.00. The van der Waals surface area contributed by atoms with Gasteiger partial charge in [0.05, 0.1) is 13.2 Å². The SMILES string of the molecule is COC(=O)[C@H](Cc1ccc(O)cc1)NC(=O)CC[C@@H](C)C1CCC2C3C(CC[C@@]21C)[C@@]1(C)CC[C@H](NCCCNCCNCCCN)C[C@@]1(C)C[C@H]3O. The first-order valence-corrected chi connectivity index (χ1v) is 21.0. The van der Waals surface area contributed by atoms with Gasteiger partial charge in [0.25, 0.3) is 0 Å². The summed E-state index contributed by atoms with van der Waals surface area (Å²) in [4.78, 5) is 25.7. The average Bonchev–Trinajstić information content (AvgIpc) is 3.49. The van der Waals surface area contributed by atoms with E-state index in [-0.39, 0.29) is 34.0 Å². The molecular weight excluding hydrogens is 667 g/mol. The zero-order valence-corrected chi connectivity index (χ0v) is 33.6. The highest BCUT2D eigenvalue weighted by molar-refractivity contribution is 5.84. The van der Waals surface area contributed by atoms with Crippen molar-refractivity contribution < 1.29 is 24.5 Å². The Morgan fingerprint density at radius 2 is 1.64 bits per heavy atom. The number of aliphatic hydroxyl groups is 1. The molecule has 1 amide bonds. The second-order valence-corrected chi connectivity index (χ2v) is 18.2. The number of rotatable bonds is 19. The van der Waals surface area contributed by atoms with E-state index in [2.05, 4.69) is 49.0 Å². The third-order valence-electron chi connectivity index (χ3n) is 15.1. The molecule has 4 aliphatic carbocycles. The molecule has 4 aliphatic rings. The molecule has 10 nitrogen and oxygen atoms in total. The van der Waals surface area contributed by atoms with Crippen molar-refractivity contribution in [1.29, 1.82) is 0 Å². The second kappa shape index (κ2) is 18.6. The molecule has 1 aromatic carbocycles. The molecule has 11 atom stereocenters. The summed E-state index contributed by atoms with van der Waals surface area (Å²) in [6.07, 6.45) is 12.6. The van der Waals surface area contributed by atoms with Crippen molar-refractivity contribution in [3.63, 3.8) is 0 Å². The van der Waals surface area contributed by atoms with Crippen molar-refractivity contribution in [1.82, 2.24) is 21.3 Å². The van der Waals surface area contributed by atoms with Gasteiger partial charge in [0.1, 0.15) is 11.8 Å². The van der Waals surface area contributed by atoms with Crippen molar-refractivity contribution in [2.24, 2.45) is 51.6 Å². The Labute approximate surface area is 319 Å². The number of phenolic OH excluding ortho intramolecular Hbond substituents is 1. The number of aromatic hydroxyl groups is 1. The lowest BCUT2D eigenvalue weighted by Gasteiger charge is -2.66. The first kappa shape index (κ1) is 41.9. The Balaban J connectivity index is 1.11. The molecule has 0 aromatic heterocycles. The van der Waals surface area contributed by atoms with Crippen molar-refractivity contribution in [3.05, 3.63) is 29.8 Å². The minimum atomic E-state index is -0.770. The molecule has 53 heavy (non-hydrogen) atoms. The van der Waals surface area contributed by atoms with Crippen LogP contribution in [0.15, 0.2) is 24.3 Å². The maximum absolute atomic E-state index is 13.2. The number of amides is 1. The number of fused-ring (bicyclic) bond motifs is 5. The quantitative estimate of drug-likeness (QED) is 0.0774. The predicted molar refractivity (Wildman–Crippen MR) is 211 cm³/mol. The van der Waals surface area contributed by atoms with E-state index < -0.39 is 12.0 Å². The fraction of sp³-hybridized carbons (Fsp3) is 0.814. The Bertz CT molecular complexity index is 1330. The fourth-order valence-electron chi connectivity index (χ4n) is 12.0. The lowest BCUT2D eigenvalue weighted by molar-refractivity contribution is -0.201. The van der Waals surface area contributed by atoms with E-state index in [1.54, 1.807) is 24.3 Å². The van der Waals surface area contributed by atoms with E-state index in [0.29, 0.717) is 48.5 Å². The van der Waals surface area contributed by atoms with Crippen molar-refractivity contribution in [2.45, 2.75) is 129 Å². The normalized spacial score (nSPS) is 34.7. The Morgan fingerprint density at radius 3 is 2.34 bits per heavy atom. The van der Waals surface area contributed by atoms with Crippen LogP contribution in [0.1, 0.15) is 110 Å². The van der Waals surface area contributed by atoms with E-state index in [1.807, 2.05) is 0 Å². The highest BCUT2D eigenvalue weighted by Gasteiger charge is 2.65. The van der Waals surface area contributed by atoms with Crippen molar-refractivity contribution >= 4 is 11.9 Å². The van der Waals surface area contributed by atoms with Gasteiger partial charge < -0.3 is 42.0 Å². The van der Waals surface area contributed by atoms with Crippen LogP contribution in [0.25, 0.3) is 0 Å². The van der Waals surface area contributed by atoms with Gasteiger partial charge in [-0.05, 0) is 160 Å². The van der Waals surface area contributed by atoms with Gasteiger partial charge in [-0.15, -0.1) is 0 Å². The smallest absolute Gasteiger partial charge is 0.328 e. The number of aliphatic hydroxyl groups excluding tert-OH is 1. The summed E-state index contributed by atoms with van der Waals surface area (Å²) >= 11 is 0. The minimum Gasteiger partial charge on any atom is -0.508 e. The minimum absolute atomic E-state index is 0.131. The molecule has 4 saturated carbocycles. The Kier molecular flexibility index (Phi) is 14.7. The number of nitrogens with one attached hydrogen (secondary N) is 4. The first-order valence-electron chi connectivity index (χ1n) is 21.0. The van der Waals surface area contributed by atoms with Crippen LogP contribution in [-0.4, -0.2) is 86.7 Å². The summed E-state index contributed by atoms with van der Waals surface area (Å²) in [5.74, 6) is 1.88. The van der Waals surface area contributed by atoms with Crippen LogP contribution in [0.5, 0.6) is 5.75 Å². The number of benzene rings is 1. The largest absolute Gasteiger partial charge is 0.508 e. The molecule has 0 radical (unpaired) electrons. The fourth-order valence-corrected chi connectivity index (χ4v) is 12.0. The highest BCUT2D eigenvalue weighted by Crippen LogP contribution is 2.71. The molecule has 0 aliphatic heterocycles. The summed E-state index contributed by atoms with van der Waals surface area (Å²) in [5.41, 5.74) is 6.95. The van der Waals surface area contributed by atoms with Crippen LogP contribution >= 0.6 is 0 Å². The van der Waals surface area contributed by atoms with E-state index in [4.69, 9.17) is 10.5 Å². The summed E-state index contributed by atoms with van der Waals surface area (Å²) in [5, 5.41) is 35.5. The second-order valence-electron chi connectivity index (χ2n) is 18.2. The standard InChI is InChI=1S/C43H73N5O5/c1-29(8-15-38(51)48-36(40(52)53-5)26-30-9-11-32(49)12-10-30)33-13-14-34-39-35(17-18-42(33,34)3)43(4)19-16-31(27-41(43,2)28-37(39)50)47-23-7-22-46-25-24-45-21-6-20-44/h9-12,29,31,33-37,39,45-47,49-50H,6-8,13-28,44H2,1-5H3,(H,48,51)/t29-,31+,33?,34?,35?,36+,37-,39?,41+,42-,43-/m1/s1. The number of methoxy groups -OCH3 is 1. The topological polar surface area (TPSA) is 158 Å². The van der Waals surface area contributed by atoms with Gasteiger partial charge in [-0.2, -0.15) is 0 Å².